The van der Waals surface area contributed by atoms with Gasteiger partial charge in [0.2, 0.25) is 0 Å². The van der Waals surface area contributed by atoms with E-state index >= 15 is 0 Å². The Balaban J connectivity index is 1.97. The molecule has 3 rings (SSSR count). The molecular weight excluding hydrogens is 262 g/mol. The van der Waals surface area contributed by atoms with Crippen LogP contribution in [0.2, 0.25) is 6.32 Å². The lowest BCUT2D eigenvalue weighted by atomic mass is 9.61. The van der Waals surface area contributed by atoms with Crippen LogP contribution >= 0.6 is 22.9 Å². The summed E-state index contributed by atoms with van der Waals surface area (Å²) in [5.74, 6) is 3.55. The largest absolute Gasteiger partial charge is 0.351 e. The Morgan fingerprint density at radius 3 is 2.50 bits per heavy atom. The lowest BCUT2D eigenvalue weighted by molar-refractivity contribution is 0.0998. The van der Waals surface area contributed by atoms with Crippen molar-refractivity contribution in [3.63, 3.8) is 0 Å². The van der Waals surface area contributed by atoms with E-state index in [9.17, 15) is 0 Å². The fraction of sp³-hybridized carbons (Fsp3) is 1.00. The van der Waals surface area contributed by atoms with Crippen LogP contribution in [0.25, 0.3) is 0 Å². The molecule has 3 fully saturated rings. The lowest BCUT2D eigenvalue weighted by Crippen LogP contribution is -2.34. The molecule has 0 nitrogen and oxygen atoms in total. The highest BCUT2D eigenvalue weighted by atomic mass is 35.5. The average Bonchev–Trinajstić information content (AvgIpc) is 2.73. The second-order valence-electron chi connectivity index (χ2n) is 7.95. The van der Waals surface area contributed by atoms with Crippen molar-refractivity contribution in [1.82, 2.24) is 0 Å². The van der Waals surface area contributed by atoms with E-state index in [2.05, 4.69) is 20.8 Å². The van der Waals surface area contributed by atoms with Crippen LogP contribution in [0.4, 0.5) is 0 Å². The second kappa shape index (κ2) is 4.32. The first-order valence-electron chi connectivity index (χ1n) is 7.64. The quantitative estimate of drug-likeness (QED) is 0.593. The third kappa shape index (κ3) is 1.79. The van der Waals surface area contributed by atoms with Gasteiger partial charge in [0, 0.05) is 0 Å². The predicted octanol–water partition coefficient (Wildman–Crippen LogP) is 5.44. The maximum absolute atomic E-state index is 6.12. The van der Waals surface area contributed by atoms with Crippen molar-refractivity contribution < 1.29 is 0 Å². The molecule has 3 aliphatic rings. The third-order valence-electron chi connectivity index (χ3n) is 6.79. The Labute approximate surface area is 122 Å². The van der Waals surface area contributed by atoms with Gasteiger partial charge in [-0.15, -0.1) is 0 Å². The Kier molecular flexibility index (Phi) is 3.27. The van der Waals surface area contributed by atoms with Gasteiger partial charge in [0.25, 0.3) is 0 Å². The lowest BCUT2D eigenvalue weighted by Gasteiger charge is -2.42. The molecule has 0 radical (unpaired) electrons. The molecular formula is C15H25BCl2. The van der Waals surface area contributed by atoms with E-state index in [1.165, 1.54) is 32.1 Å². The fourth-order valence-corrected chi connectivity index (χ4v) is 6.59. The summed E-state index contributed by atoms with van der Waals surface area (Å²) in [4.78, 5) is 0. The standard InChI is InChI=1S/C15H25BCl2/c1-14(2)7-4-8-15(3)11-6-5-10(13(11)14)12(15)9-16(17)18/h10-13H,4-9H2,1-3H3/t10-,11-,12?,13+,15+/m1/s1. The monoisotopic (exact) mass is 286 g/mol. The van der Waals surface area contributed by atoms with Gasteiger partial charge in [0.1, 0.15) is 0 Å². The molecule has 4 bridgehead atoms. The number of hydrogen-bond acceptors (Lipinski definition) is 0. The molecule has 0 saturated heterocycles. The fourth-order valence-electron chi connectivity index (χ4n) is 6.21. The molecule has 18 heavy (non-hydrogen) atoms. The van der Waals surface area contributed by atoms with Gasteiger partial charge >= 0.3 is 5.54 Å². The van der Waals surface area contributed by atoms with Crippen LogP contribution in [0.15, 0.2) is 0 Å². The van der Waals surface area contributed by atoms with Gasteiger partial charge in [-0.2, -0.15) is 22.9 Å². The summed E-state index contributed by atoms with van der Waals surface area (Å²) in [7, 11) is 0. The summed E-state index contributed by atoms with van der Waals surface area (Å²) in [5, 5.41) is 0. The van der Waals surface area contributed by atoms with E-state index in [0.717, 1.165) is 30.0 Å². The zero-order valence-electron chi connectivity index (χ0n) is 11.9. The van der Waals surface area contributed by atoms with Crippen molar-refractivity contribution in [3.8, 4) is 0 Å². The molecule has 0 aromatic rings. The second-order valence-corrected chi connectivity index (χ2v) is 9.23. The van der Waals surface area contributed by atoms with E-state index in [1.54, 1.807) is 0 Å². The minimum absolute atomic E-state index is 0.170. The Bertz CT molecular complexity index is 341. The van der Waals surface area contributed by atoms with Crippen molar-refractivity contribution in [2.45, 2.75) is 59.2 Å². The van der Waals surface area contributed by atoms with Gasteiger partial charge in [-0.05, 0) is 66.5 Å². The van der Waals surface area contributed by atoms with E-state index in [1.807, 2.05) is 0 Å². The van der Waals surface area contributed by atoms with Gasteiger partial charge in [-0.1, -0.05) is 27.2 Å². The van der Waals surface area contributed by atoms with Crippen molar-refractivity contribution in [1.29, 1.82) is 0 Å². The highest BCUT2D eigenvalue weighted by Gasteiger charge is 2.64. The van der Waals surface area contributed by atoms with E-state index in [-0.39, 0.29) is 5.54 Å². The van der Waals surface area contributed by atoms with Gasteiger partial charge < -0.3 is 0 Å². The van der Waals surface area contributed by atoms with E-state index < -0.39 is 0 Å². The zero-order valence-corrected chi connectivity index (χ0v) is 13.4. The first kappa shape index (κ1) is 13.6. The van der Waals surface area contributed by atoms with Gasteiger partial charge in [0.15, 0.2) is 0 Å². The molecule has 0 aliphatic heterocycles. The average molecular weight is 287 g/mol. The molecule has 1 unspecified atom stereocenters. The molecule has 3 heteroatoms. The molecule has 0 spiro atoms. The normalized spacial score (nSPS) is 49.2. The highest BCUT2D eigenvalue weighted by Crippen LogP contribution is 2.71. The Hall–Kier alpha value is 0.645. The Morgan fingerprint density at radius 1 is 1.11 bits per heavy atom. The number of hydrogen-bond donors (Lipinski definition) is 0. The van der Waals surface area contributed by atoms with E-state index in [0.29, 0.717) is 10.8 Å². The minimum Gasteiger partial charge on any atom is -0.172 e. The SMILES string of the molecule is CC1(C)CCC[C@]2(C)C(CB(Cl)Cl)[C@H]3CC[C@@H]2[C@H]31. The first-order chi connectivity index (χ1) is 8.36. The van der Waals surface area contributed by atoms with Crippen molar-refractivity contribution in [2.75, 3.05) is 0 Å². The molecule has 0 heterocycles. The van der Waals surface area contributed by atoms with Gasteiger partial charge in [-0.25, -0.2) is 0 Å². The summed E-state index contributed by atoms with van der Waals surface area (Å²) in [5.41, 5.74) is 0.896. The summed E-state index contributed by atoms with van der Waals surface area (Å²) in [6.07, 6.45) is 8.13. The summed E-state index contributed by atoms with van der Waals surface area (Å²) < 4.78 is 0. The van der Waals surface area contributed by atoms with Gasteiger partial charge in [-0.3, -0.25) is 0 Å². The smallest absolute Gasteiger partial charge is 0.172 e. The van der Waals surface area contributed by atoms with Crippen molar-refractivity contribution in [3.05, 3.63) is 0 Å². The summed E-state index contributed by atoms with van der Waals surface area (Å²) in [6, 6.07) is 0. The maximum Gasteiger partial charge on any atom is 0.351 e. The zero-order chi connectivity index (χ0) is 13.1. The topological polar surface area (TPSA) is 0 Å². The molecule has 102 valence electrons. The first-order valence-corrected chi connectivity index (χ1v) is 8.52. The minimum atomic E-state index is -0.170. The molecule has 5 atom stereocenters. The van der Waals surface area contributed by atoms with Crippen LogP contribution in [0.3, 0.4) is 0 Å². The molecule has 3 saturated carbocycles. The summed E-state index contributed by atoms with van der Waals surface area (Å²) in [6.45, 7) is 7.57. The maximum atomic E-state index is 6.12. The molecule has 0 N–H and O–H groups in total. The van der Waals surface area contributed by atoms with Crippen LogP contribution < -0.4 is 0 Å². The molecule has 0 amide bonds. The molecule has 0 aromatic carbocycles. The summed E-state index contributed by atoms with van der Waals surface area (Å²) >= 11 is 12.2. The van der Waals surface area contributed by atoms with E-state index in [4.69, 9.17) is 22.9 Å². The predicted molar refractivity (Wildman–Crippen MR) is 81.2 cm³/mol. The number of halogens is 2. The van der Waals surface area contributed by atoms with Crippen LogP contribution in [0.5, 0.6) is 0 Å². The van der Waals surface area contributed by atoms with Crippen LogP contribution in [-0.4, -0.2) is 5.54 Å². The highest BCUT2D eigenvalue weighted by molar-refractivity contribution is 7.33. The van der Waals surface area contributed by atoms with Crippen LogP contribution in [0.1, 0.15) is 52.9 Å². The Morgan fingerprint density at radius 2 is 1.83 bits per heavy atom. The molecule has 0 aromatic heterocycles. The van der Waals surface area contributed by atoms with Gasteiger partial charge in [0.05, 0.1) is 0 Å². The van der Waals surface area contributed by atoms with Crippen LogP contribution in [-0.2, 0) is 0 Å². The van der Waals surface area contributed by atoms with Crippen molar-refractivity contribution >= 4 is 28.5 Å². The molecule has 3 aliphatic carbocycles. The van der Waals surface area contributed by atoms with Crippen molar-refractivity contribution in [2.24, 2.45) is 34.5 Å². The van der Waals surface area contributed by atoms with Crippen LogP contribution in [0, 0.1) is 34.5 Å². The third-order valence-corrected chi connectivity index (χ3v) is 7.14. The number of rotatable bonds is 2.